The van der Waals surface area contributed by atoms with Gasteiger partial charge in [0.15, 0.2) is 0 Å². The van der Waals surface area contributed by atoms with Gasteiger partial charge in [0.2, 0.25) is 0 Å². The third-order valence-electron chi connectivity index (χ3n) is 2.54. The van der Waals surface area contributed by atoms with Crippen LogP contribution < -0.4 is 4.72 Å². The highest BCUT2D eigenvalue weighted by atomic mass is 32.2. The second-order valence-electron chi connectivity index (χ2n) is 4.26. The molecule has 0 spiro atoms. The third kappa shape index (κ3) is 4.79. The van der Waals surface area contributed by atoms with Crippen LogP contribution in [0.1, 0.15) is 26.7 Å². The molecule has 0 aliphatic carbocycles. The molecule has 7 nitrogen and oxygen atoms in total. The summed E-state index contributed by atoms with van der Waals surface area (Å²) in [5.74, 6) is 0. The lowest BCUT2D eigenvalue weighted by Crippen LogP contribution is -2.60. The van der Waals surface area contributed by atoms with E-state index in [2.05, 4.69) is 4.72 Å². The predicted octanol–water partition coefficient (Wildman–Crippen LogP) is -1.34. The van der Waals surface area contributed by atoms with E-state index >= 15 is 0 Å². The summed E-state index contributed by atoms with van der Waals surface area (Å²) in [7, 11) is -3.84. The van der Waals surface area contributed by atoms with Gasteiger partial charge in [-0.15, -0.1) is 0 Å². The van der Waals surface area contributed by atoms with Crippen molar-refractivity contribution in [3.8, 4) is 0 Å². The molecule has 110 valence electrons. The largest absolute Gasteiger partial charge is 0.394 e. The highest BCUT2D eigenvalue weighted by molar-refractivity contribution is 7.87. The van der Waals surface area contributed by atoms with Gasteiger partial charge in [-0.3, -0.25) is 0 Å². The maximum Gasteiger partial charge on any atom is 0.280 e. The number of hydrogen-bond donors (Lipinski definition) is 4. The molecular weight excluding hydrogens is 260 g/mol. The Hall–Kier alpha value is -0.250. The van der Waals surface area contributed by atoms with Crippen LogP contribution in [0.5, 0.6) is 0 Å². The fourth-order valence-corrected chi connectivity index (χ4v) is 3.15. The Morgan fingerprint density at radius 1 is 1.00 bits per heavy atom. The SMILES string of the molecule is CCCN(CCC)S(=O)(=O)NC(CO)(CO)CO. The summed E-state index contributed by atoms with van der Waals surface area (Å²) in [6.45, 7) is 2.39. The van der Waals surface area contributed by atoms with Crippen LogP contribution in [0.25, 0.3) is 0 Å². The molecule has 18 heavy (non-hydrogen) atoms. The molecule has 0 radical (unpaired) electrons. The second kappa shape index (κ2) is 8.03. The highest BCUT2D eigenvalue weighted by Gasteiger charge is 2.35. The van der Waals surface area contributed by atoms with Crippen LogP contribution in [0.4, 0.5) is 0 Å². The zero-order chi connectivity index (χ0) is 14.2. The molecule has 4 N–H and O–H groups in total. The van der Waals surface area contributed by atoms with E-state index in [1.54, 1.807) is 0 Å². The van der Waals surface area contributed by atoms with E-state index in [9.17, 15) is 8.42 Å². The van der Waals surface area contributed by atoms with E-state index in [1.165, 1.54) is 4.31 Å². The molecule has 0 aromatic heterocycles. The molecular formula is C10H24N2O5S. The summed E-state index contributed by atoms with van der Waals surface area (Å²) in [5.41, 5.74) is -1.63. The van der Waals surface area contributed by atoms with Crippen LogP contribution in [0, 0.1) is 0 Å². The highest BCUT2D eigenvalue weighted by Crippen LogP contribution is 2.09. The first kappa shape index (κ1) is 17.8. The van der Waals surface area contributed by atoms with Gasteiger partial charge in [-0.25, -0.2) is 0 Å². The van der Waals surface area contributed by atoms with Crippen LogP contribution >= 0.6 is 0 Å². The normalized spacial score (nSPS) is 13.2. The molecule has 0 bridgehead atoms. The first-order valence-electron chi connectivity index (χ1n) is 6.03. The zero-order valence-electron chi connectivity index (χ0n) is 11.0. The maximum atomic E-state index is 12.1. The second-order valence-corrected chi connectivity index (χ2v) is 5.93. The van der Waals surface area contributed by atoms with Crippen LogP contribution in [-0.2, 0) is 10.2 Å². The molecule has 0 atom stereocenters. The lowest BCUT2D eigenvalue weighted by atomic mass is 10.1. The van der Waals surface area contributed by atoms with Crippen molar-refractivity contribution in [1.82, 2.24) is 9.03 Å². The minimum atomic E-state index is -3.84. The molecule has 0 heterocycles. The molecule has 0 aliphatic heterocycles. The average Bonchev–Trinajstić information content (AvgIpc) is 2.36. The minimum absolute atomic E-state index is 0.349. The van der Waals surface area contributed by atoms with Gasteiger partial charge in [0.05, 0.1) is 19.8 Å². The number of hydrogen-bond acceptors (Lipinski definition) is 5. The molecule has 0 aromatic rings. The number of aliphatic hydroxyl groups is 3. The summed E-state index contributed by atoms with van der Waals surface area (Å²) in [6.07, 6.45) is 1.32. The van der Waals surface area contributed by atoms with Gasteiger partial charge < -0.3 is 15.3 Å². The van der Waals surface area contributed by atoms with Crippen LogP contribution in [0.2, 0.25) is 0 Å². The summed E-state index contributed by atoms with van der Waals surface area (Å²) in [5, 5.41) is 27.3. The van der Waals surface area contributed by atoms with E-state index in [4.69, 9.17) is 15.3 Å². The van der Waals surface area contributed by atoms with Crippen molar-refractivity contribution in [1.29, 1.82) is 0 Å². The smallest absolute Gasteiger partial charge is 0.280 e. The van der Waals surface area contributed by atoms with Gasteiger partial charge in [0.1, 0.15) is 5.54 Å². The Morgan fingerprint density at radius 2 is 1.39 bits per heavy atom. The van der Waals surface area contributed by atoms with Crippen molar-refractivity contribution in [3.05, 3.63) is 0 Å². The van der Waals surface area contributed by atoms with E-state index in [1.807, 2.05) is 13.8 Å². The topological polar surface area (TPSA) is 110 Å². The van der Waals surface area contributed by atoms with Gasteiger partial charge in [-0.2, -0.15) is 17.4 Å². The Kier molecular flexibility index (Phi) is 7.92. The molecule has 0 aromatic carbocycles. The monoisotopic (exact) mass is 284 g/mol. The first-order valence-corrected chi connectivity index (χ1v) is 7.47. The van der Waals surface area contributed by atoms with E-state index in [-0.39, 0.29) is 0 Å². The fraction of sp³-hybridized carbons (Fsp3) is 1.00. The molecule has 8 heteroatoms. The minimum Gasteiger partial charge on any atom is -0.394 e. The van der Waals surface area contributed by atoms with Crippen LogP contribution in [0.15, 0.2) is 0 Å². The van der Waals surface area contributed by atoms with E-state index in [0.717, 1.165) is 0 Å². The van der Waals surface area contributed by atoms with Crippen molar-refractivity contribution in [2.24, 2.45) is 0 Å². The average molecular weight is 284 g/mol. The van der Waals surface area contributed by atoms with Crippen LogP contribution in [-0.4, -0.2) is 66.5 Å². The summed E-state index contributed by atoms with van der Waals surface area (Å²) in [6, 6.07) is 0. The van der Waals surface area contributed by atoms with Gasteiger partial charge >= 0.3 is 0 Å². The molecule has 0 rings (SSSR count). The summed E-state index contributed by atoms with van der Waals surface area (Å²) >= 11 is 0. The van der Waals surface area contributed by atoms with Crippen molar-refractivity contribution in [2.75, 3.05) is 32.9 Å². The van der Waals surface area contributed by atoms with E-state index < -0.39 is 35.6 Å². The quantitative estimate of drug-likeness (QED) is 0.397. The molecule has 0 saturated heterocycles. The molecule has 0 aliphatic rings. The number of rotatable bonds is 10. The number of aliphatic hydroxyl groups excluding tert-OH is 3. The van der Waals surface area contributed by atoms with Gasteiger partial charge in [-0.1, -0.05) is 13.8 Å². The van der Waals surface area contributed by atoms with Crippen LogP contribution in [0.3, 0.4) is 0 Å². The van der Waals surface area contributed by atoms with Crippen molar-refractivity contribution in [3.63, 3.8) is 0 Å². The zero-order valence-corrected chi connectivity index (χ0v) is 11.8. The molecule has 0 amide bonds. The lowest BCUT2D eigenvalue weighted by Gasteiger charge is -2.31. The summed E-state index contributed by atoms with van der Waals surface area (Å²) in [4.78, 5) is 0. The van der Waals surface area contributed by atoms with Gasteiger partial charge in [-0.05, 0) is 12.8 Å². The Morgan fingerprint density at radius 3 is 1.67 bits per heavy atom. The molecule has 0 unspecified atom stereocenters. The van der Waals surface area contributed by atoms with Gasteiger partial charge in [0.25, 0.3) is 10.2 Å². The van der Waals surface area contributed by atoms with Crippen molar-refractivity contribution in [2.45, 2.75) is 32.2 Å². The molecule has 0 fully saturated rings. The number of nitrogens with zero attached hydrogens (tertiary/aromatic N) is 1. The lowest BCUT2D eigenvalue weighted by molar-refractivity contribution is 0.0569. The number of nitrogens with one attached hydrogen (secondary N) is 1. The summed E-state index contributed by atoms with van der Waals surface area (Å²) < 4.78 is 27.6. The van der Waals surface area contributed by atoms with Gasteiger partial charge in [0, 0.05) is 13.1 Å². The fourth-order valence-electron chi connectivity index (χ4n) is 1.44. The van der Waals surface area contributed by atoms with Crippen molar-refractivity contribution >= 4 is 10.2 Å². The first-order chi connectivity index (χ1) is 8.41. The standard InChI is InChI=1S/C10H24N2O5S/c1-3-5-12(6-4-2)18(16,17)11-10(7-13,8-14)9-15/h11,13-15H,3-9H2,1-2H3. The predicted molar refractivity (Wildman–Crippen MR) is 68.2 cm³/mol. The molecule has 0 saturated carbocycles. The Bertz CT molecular complexity index is 302. The maximum absolute atomic E-state index is 12.1. The Labute approximate surface area is 109 Å². The van der Waals surface area contributed by atoms with Crippen molar-refractivity contribution < 1.29 is 23.7 Å². The third-order valence-corrected chi connectivity index (χ3v) is 4.28. The Balaban J connectivity index is 4.99. The van der Waals surface area contributed by atoms with E-state index in [0.29, 0.717) is 25.9 Å².